The number of hydrogen-bond donors (Lipinski definition) is 2. The number of carbonyl (C=O) groups excluding carboxylic acids is 1. The van der Waals surface area contributed by atoms with Gasteiger partial charge in [-0.15, -0.1) is 0 Å². The molecule has 8 nitrogen and oxygen atoms in total. The van der Waals surface area contributed by atoms with Crippen molar-refractivity contribution in [2.24, 2.45) is 0 Å². The summed E-state index contributed by atoms with van der Waals surface area (Å²) in [6.45, 7) is 5.33. The lowest BCUT2D eigenvalue weighted by Gasteiger charge is -2.07. The number of esters is 1. The molecule has 0 saturated heterocycles. The molecule has 0 saturated carbocycles. The van der Waals surface area contributed by atoms with E-state index in [0.29, 0.717) is 11.5 Å². The van der Waals surface area contributed by atoms with Gasteiger partial charge in [-0.25, -0.2) is 14.6 Å². The Hall–Kier alpha value is -2.90. The zero-order valence-corrected chi connectivity index (χ0v) is 12.5. The molecule has 0 aliphatic rings. The van der Waals surface area contributed by atoms with Crippen LogP contribution in [-0.2, 0) is 14.3 Å². The molecule has 0 bridgehead atoms. The van der Waals surface area contributed by atoms with Crippen LogP contribution < -0.4 is 5.32 Å². The van der Waals surface area contributed by atoms with E-state index < -0.39 is 17.5 Å². The third-order valence-electron chi connectivity index (χ3n) is 2.77. The van der Waals surface area contributed by atoms with Crippen LogP contribution in [0.5, 0.6) is 0 Å². The van der Waals surface area contributed by atoms with Gasteiger partial charge < -0.3 is 15.2 Å². The molecule has 0 unspecified atom stereocenters. The van der Waals surface area contributed by atoms with Gasteiger partial charge in [-0.2, -0.15) is 9.61 Å². The highest BCUT2D eigenvalue weighted by Crippen LogP contribution is 2.14. The highest BCUT2D eigenvalue weighted by Gasteiger charge is 2.18. The number of carbonyl (C=O) groups is 2. The van der Waals surface area contributed by atoms with Crippen LogP contribution in [0.3, 0.4) is 0 Å². The second-order valence-corrected chi connectivity index (χ2v) is 4.57. The maximum atomic E-state index is 11.6. The fourth-order valence-electron chi connectivity index (χ4n) is 1.88. The Labute approximate surface area is 126 Å². The van der Waals surface area contributed by atoms with Crippen LogP contribution in [0.15, 0.2) is 23.9 Å². The van der Waals surface area contributed by atoms with Gasteiger partial charge in [0.25, 0.3) is 0 Å². The number of nitrogens with one attached hydrogen (secondary N) is 1. The van der Waals surface area contributed by atoms with Gasteiger partial charge in [-0.3, -0.25) is 0 Å². The van der Waals surface area contributed by atoms with E-state index in [1.807, 2.05) is 6.92 Å². The van der Waals surface area contributed by atoms with Crippen LogP contribution in [-0.4, -0.2) is 38.3 Å². The monoisotopic (exact) mass is 304 g/mol. The van der Waals surface area contributed by atoms with Gasteiger partial charge in [-0.1, -0.05) is 0 Å². The number of nitrogens with zero attached hydrogens (tertiary/aromatic N) is 3. The van der Waals surface area contributed by atoms with E-state index in [-0.39, 0.29) is 6.61 Å². The summed E-state index contributed by atoms with van der Waals surface area (Å²) in [4.78, 5) is 27.0. The van der Waals surface area contributed by atoms with Crippen molar-refractivity contribution < 1.29 is 19.4 Å². The molecule has 0 atom stereocenters. The first-order valence-electron chi connectivity index (χ1n) is 6.63. The van der Waals surface area contributed by atoms with E-state index in [4.69, 9.17) is 9.84 Å². The van der Waals surface area contributed by atoms with Crippen LogP contribution in [0.2, 0.25) is 0 Å². The molecule has 2 rings (SSSR count). The van der Waals surface area contributed by atoms with Crippen molar-refractivity contribution in [1.82, 2.24) is 14.6 Å². The van der Waals surface area contributed by atoms with Gasteiger partial charge in [0.2, 0.25) is 0 Å². The maximum Gasteiger partial charge on any atom is 0.347 e. The lowest BCUT2D eigenvalue weighted by atomic mass is 10.3. The minimum atomic E-state index is -1.37. The largest absolute Gasteiger partial charge is 0.477 e. The van der Waals surface area contributed by atoms with Gasteiger partial charge in [-0.05, 0) is 20.8 Å². The number of carboxylic acids is 1. The van der Waals surface area contributed by atoms with Crippen molar-refractivity contribution in [1.29, 1.82) is 0 Å². The number of anilines is 1. The molecule has 0 aliphatic heterocycles. The predicted octanol–water partition coefficient (Wildman–Crippen LogP) is 1.29. The molecule has 116 valence electrons. The van der Waals surface area contributed by atoms with Crippen LogP contribution >= 0.6 is 0 Å². The zero-order chi connectivity index (χ0) is 16.3. The number of ether oxygens (including phenoxy) is 1. The SMILES string of the molecule is CCOC(=O)/C(=C/Nc1cc(C)nc2cc(C)nn12)C(=O)O. The number of aromatic nitrogens is 3. The minimum absolute atomic E-state index is 0.0976. The molecule has 2 heterocycles. The fraction of sp³-hybridized carbons (Fsp3) is 0.286. The Bertz CT molecular complexity index is 764. The number of aryl methyl sites for hydroxylation is 2. The normalized spacial score (nSPS) is 11.5. The molecule has 0 radical (unpaired) electrons. The van der Waals surface area contributed by atoms with E-state index in [1.54, 1.807) is 26.0 Å². The van der Waals surface area contributed by atoms with Gasteiger partial charge in [0, 0.05) is 24.0 Å². The van der Waals surface area contributed by atoms with Gasteiger partial charge >= 0.3 is 11.9 Å². The quantitative estimate of drug-likeness (QED) is 0.371. The number of rotatable bonds is 5. The summed E-state index contributed by atoms with van der Waals surface area (Å²) in [6.07, 6.45) is 1.09. The molecular weight excluding hydrogens is 288 g/mol. The van der Waals surface area contributed by atoms with E-state index in [1.165, 1.54) is 4.52 Å². The van der Waals surface area contributed by atoms with E-state index in [0.717, 1.165) is 17.6 Å². The summed E-state index contributed by atoms with van der Waals surface area (Å²) in [6, 6.07) is 3.49. The summed E-state index contributed by atoms with van der Waals surface area (Å²) in [5.74, 6) is -1.77. The van der Waals surface area contributed by atoms with Gasteiger partial charge in [0.1, 0.15) is 5.82 Å². The molecule has 22 heavy (non-hydrogen) atoms. The summed E-state index contributed by atoms with van der Waals surface area (Å²) < 4.78 is 6.24. The van der Waals surface area contributed by atoms with Gasteiger partial charge in [0.15, 0.2) is 11.2 Å². The number of aliphatic carboxylic acids is 1. The first-order chi connectivity index (χ1) is 10.4. The summed E-state index contributed by atoms with van der Waals surface area (Å²) in [5, 5.41) is 16.1. The van der Waals surface area contributed by atoms with Crippen molar-refractivity contribution in [3.8, 4) is 0 Å². The Morgan fingerprint density at radius 1 is 1.36 bits per heavy atom. The summed E-state index contributed by atoms with van der Waals surface area (Å²) >= 11 is 0. The molecule has 0 amide bonds. The molecule has 2 N–H and O–H groups in total. The second-order valence-electron chi connectivity index (χ2n) is 4.57. The zero-order valence-electron chi connectivity index (χ0n) is 12.5. The molecule has 0 fully saturated rings. The molecule has 0 spiro atoms. The highest BCUT2D eigenvalue weighted by molar-refractivity contribution is 6.13. The molecular formula is C14H16N4O4. The Kier molecular flexibility index (Phi) is 4.40. The van der Waals surface area contributed by atoms with E-state index in [2.05, 4.69) is 15.4 Å². The van der Waals surface area contributed by atoms with Crippen molar-refractivity contribution in [2.75, 3.05) is 11.9 Å². The first kappa shape index (κ1) is 15.5. The predicted molar refractivity (Wildman–Crippen MR) is 78.4 cm³/mol. The maximum absolute atomic E-state index is 11.6. The summed E-state index contributed by atoms with van der Waals surface area (Å²) in [7, 11) is 0. The molecule has 0 aliphatic carbocycles. The average molecular weight is 304 g/mol. The molecule has 8 heteroatoms. The molecule has 0 aromatic carbocycles. The van der Waals surface area contributed by atoms with Crippen LogP contribution in [0.25, 0.3) is 5.65 Å². The Morgan fingerprint density at radius 3 is 2.73 bits per heavy atom. The Morgan fingerprint density at radius 2 is 2.09 bits per heavy atom. The average Bonchev–Trinajstić information content (AvgIpc) is 2.78. The number of fused-ring (bicyclic) bond motifs is 1. The lowest BCUT2D eigenvalue weighted by Crippen LogP contribution is -2.17. The topological polar surface area (TPSA) is 106 Å². The van der Waals surface area contributed by atoms with Crippen LogP contribution in [0, 0.1) is 13.8 Å². The Balaban J connectivity index is 2.38. The van der Waals surface area contributed by atoms with E-state index in [9.17, 15) is 9.59 Å². The minimum Gasteiger partial charge on any atom is -0.477 e. The number of carboxylic acid groups (broad SMARTS) is 1. The van der Waals surface area contributed by atoms with Crippen molar-refractivity contribution in [2.45, 2.75) is 20.8 Å². The number of hydrogen-bond acceptors (Lipinski definition) is 6. The van der Waals surface area contributed by atoms with Gasteiger partial charge in [0.05, 0.1) is 12.3 Å². The van der Waals surface area contributed by atoms with E-state index >= 15 is 0 Å². The van der Waals surface area contributed by atoms with Crippen molar-refractivity contribution in [3.05, 3.63) is 35.3 Å². The fourth-order valence-corrected chi connectivity index (χ4v) is 1.88. The second kappa shape index (κ2) is 6.25. The van der Waals surface area contributed by atoms with Crippen LogP contribution in [0.4, 0.5) is 5.82 Å². The van der Waals surface area contributed by atoms with Crippen molar-refractivity contribution in [3.63, 3.8) is 0 Å². The van der Waals surface area contributed by atoms with Crippen LogP contribution in [0.1, 0.15) is 18.3 Å². The first-order valence-corrected chi connectivity index (χ1v) is 6.63. The molecule has 2 aromatic rings. The summed E-state index contributed by atoms with van der Waals surface area (Å²) in [5.41, 5.74) is 1.64. The third kappa shape index (κ3) is 3.22. The standard InChI is InChI=1S/C14H16N4O4/c1-4-22-14(21)10(13(19)20)7-15-11-5-8(2)16-12-6-9(3)17-18(11)12/h5-7,15H,4H2,1-3H3,(H,19,20)/b10-7+. The third-order valence-corrected chi connectivity index (χ3v) is 2.77. The highest BCUT2D eigenvalue weighted by atomic mass is 16.5. The van der Waals surface area contributed by atoms with Crippen molar-refractivity contribution >= 4 is 23.4 Å². The lowest BCUT2D eigenvalue weighted by molar-refractivity contribution is -0.143. The smallest absolute Gasteiger partial charge is 0.347 e. The molecule has 2 aromatic heterocycles.